The van der Waals surface area contributed by atoms with E-state index in [4.69, 9.17) is 0 Å². The SMILES string of the molecule is Cc1nn(CN2CCc3cc(S(=O)(=O)N(C)C)ccc32)c(=O)c2ccccc12. The van der Waals surface area contributed by atoms with Gasteiger partial charge in [-0.2, -0.15) is 5.10 Å². The Morgan fingerprint density at radius 3 is 2.54 bits per heavy atom. The fourth-order valence-corrected chi connectivity index (χ4v) is 4.58. The first-order valence-corrected chi connectivity index (χ1v) is 10.5. The van der Waals surface area contributed by atoms with Crippen molar-refractivity contribution in [3.63, 3.8) is 0 Å². The van der Waals surface area contributed by atoms with Gasteiger partial charge in [0.1, 0.15) is 6.67 Å². The summed E-state index contributed by atoms with van der Waals surface area (Å²) in [6.45, 7) is 2.94. The molecule has 3 aromatic rings. The van der Waals surface area contributed by atoms with Crippen LogP contribution < -0.4 is 10.5 Å². The van der Waals surface area contributed by atoms with Gasteiger partial charge in [-0.05, 0) is 43.2 Å². The molecule has 0 aliphatic carbocycles. The molecular formula is C20H22N4O3S. The van der Waals surface area contributed by atoms with E-state index in [2.05, 4.69) is 10.00 Å². The molecule has 146 valence electrons. The molecule has 0 bridgehead atoms. The summed E-state index contributed by atoms with van der Waals surface area (Å²) in [5, 5.41) is 6.00. The summed E-state index contributed by atoms with van der Waals surface area (Å²) in [7, 11) is -0.419. The lowest BCUT2D eigenvalue weighted by molar-refractivity contribution is 0.520. The van der Waals surface area contributed by atoms with Crippen molar-refractivity contribution in [2.24, 2.45) is 0 Å². The largest absolute Gasteiger partial charge is 0.351 e. The highest BCUT2D eigenvalue weighted by Crippen LogP contribution is 2.31. The number of fused-ring (bicyclic) bond motifs is 2. The van der Waals surface area contributed by atoms with Gasteiger partial charge >= 0.3 is 0 Å². The van der Waals surface area contributed by atoms with Gasteiger partial charge < -0.3 is 4.90 Å². The summed E-state index contributed by atoms with van der Waals surface area (Å²) in [5.74, 6) is 0. The van der Waals surface area contributed by atoms with Crippen molar-refractivity contribution in [2.45, 2.75) is 24.9 Å². The molecule has 8 heteroatoms. The topological polar surface area (TPSA) is 75.5 Å². The second-order valence-corrected chi connectivity index (χ2v) is 9.32. The number of aryl methyl sites for hydroxylation is 1. The number of rotatable bonds is 4. The van der Waals surface area contributed by atoms with Gasteiger partial charge in [0.15, 0.2) is 0 Å². The summed E-state index contributed by atoms with van der Waals surface area (Å²) in [5.41, 5.74) is 2.59. The average Bonchev–Trinajstić information content (AvgIpc) is 3.08. The van der Waals surface area contributed by atoms with Crippen LogP contribution in [-0.4, -0.2) is 43.1 Å². The van der Waals surface area contributed by atoms with E-state index in [0.29, 0.717) is 18.6 Å². The highest BCUT2D eigenvalue weighted by Gasteiger charge is 2.24. The summed E-state index contributed by atoms with van der Waals surface area (Å²) in [4.78, 5) is 15.2. The third-order valence-corrected chi connectivity index (χ3v) is 6.99. The molecule has 0 unspecified atom stereocenters. The standard InChI is InChI=1S/C20H22N4O3S/c1-14-17-6-4-5-7-18(17)20(25)24(21-14)13-23-11-10-15-12-16(8-9-19(15)23)28(26,27)22(2)3/h4-9,12H,10-11,13H2,1-3H3. The zero-order chi connectivity index (χ0) is 20.1. The van der Waals surface area contributed by atoms with E-state index in [1.54, 1.807) is 12.1 Å². The van der Waals surface area contributed by atoms with E-state index < -0.39 is 10.0 Å². The molecule has 0 saturated heterocycles. The monoisotopic (exact) mass is 398 g/mol. The minimum absolute atomic E-state index is 0.124. The molecule has 2 heterocycles. The molecule has 0 fully saturated rings. The third kappa shape index (κ3) is 2.98. The number of sulfonamides is 1. The van der Waals surface area contributed by atoms with Gasteiger partial charge in [-0.15, -0.1) is 0 Å². The predicted octanol–water partition coefficient (Wildman–Crippen LogP) is 1.98. The van der Waals surface area contributed by atoms with Crippen LogP contribution in [0.25, 0.3) is 10.8 Å². The second-order valence-electron chi connectivity index (χ2n) is 7.17. The Balaban J connectivity index is 1.69. The maximum atomic E-state index is 12.8. The number of nitrogens with zero attached hydrogens (tertiary/aromatic N) is 4. The van der Waals surface area contributed by atoms with Crippen LogP contribution in [0.15, 0.2) is 52.2 Å². The zero-order valence-electron chi connectivity index (χ0n) is 16.1. The van der Waals surface area contributed by atoms with Gasteiger partial charge in [-0.1, -0.05) is 18.2 Å². The summed E-state index contributed by atoms with van der Waals surface area (Å²) >= 11 is 0. The molecule has 0 saturated carbocycles. The first-order chi connectivity index (χ1) is 13.3. The molecule has 0 spiro atoms. The van der Waals surface area contributed by atoms with Crippen molar-refractivity contribution in [2.75, 3.05) is 25.5 Å². The molecule has 0 N–H and O–H groups in total. The van der Waals surface area contributed by atoms with E-state index >= 15 is 0 Å². The van der Waals surface area contributed by atoms with Crippen molar-refractivity contribution in [1.29, 1.82) is 0 Å². The van der Waals surface area contributed by atoms with Gasteiger partial charge in [0.2, 0.25) is 10.0 Å². The fourth-order valence-electron chi connectivity index (χ4n) is 3.63. The van der Waals surface area contributed by atoms with Gasteiger partial charge in [-0.3, -0.25) is 4.79 Å². The van der Waals surface area contributed by atoms with E-state index in [1.165, 1.54) is 23.1 Å². The van der Waals surface area contributed by atoms with Crippen molar-refractivity contribution < 1.29 is 8.42 Å². The van der Waals surface area contributed by atoms with Crippen molar-refractivity contribution in [3.8, 4) is 0 Å². The van der Waals surface area contributed by atoms with Crippen LogP contribution in [0.4, 0.5) is 5.69 Å². The van der Waals surface area contributed by atoms with Gasteiger partial charge in [0.05, 0.1) is 16.0 Å². The quantitative estimate of drug-likeness (QED) is 0.672. The maximum Gasteiger partial charge on any atom is 0.276 e. The average molecular weight is 398 g/mol. The smallest absolute Gasteiger partial charge is 0.276 e. The number of hydrogen-bond donors (Lipinski definition) is 0. The molecule has 1 aliphatic heterocycles. The Morgan fingerprint density at radius 2 is 1.82 bits per heavy atom. The van der Waals surface area contributed by atoms with Gasteiger partial charge in [0.25, 0.3) is 5.56 Å². The molecule has 0 amide bonds. The van der Waals surface area contributed by atoms with Crippen molar-refractivity contribution in [1.82, 2.24) is 14.1 Å². The van der Waals surface area contributed by atoms with Gasteiger partial charge in [-0.25, -0.2) is 17.4 Å². The molecule has 2 aromatic carbocycles. The molecule has 7 nitrogen and oxygen atoms in total. The zero-order valence-corrected chi connectivity index (χ0v) is 16.9. The van der Waals surface area contributed by atoms with Crippen LogP contribution in [0, 0.1) is 6.92 Å². The molecule has 28 heavy (non-hydrogen) atoms. The van der Waals surface area contributed by atoms with Crippen LogP contribution in [0.5, 0.6) is 0 Å². The van der Waals surface area contributed by atoms with Crippen LogP contribution in [0.3, 0.4) is 0 Å². The maximum absolute atomic E-state index is 12.8. The lowest BCUT2D eigenvalue weighted by Gasteiger charge is -2.21. The lowest BCUT2D eigenvalue weighted by Crippen LogP contribution is -2.33. The molecular weight excluding hydrogens is 376 g/mol. The van der Waals surface area contributed by atoms with E-state index in [1.807, 2.05) is 37.3 Å². The second kappa shape index (κ2) is 6.72. The third-order valence-electron chi connectivity index (χ3n) is 5.18. The number of aromatic nitrogens is 2. The van der Waals surface area contributed by atoms with E-state index in [9.17, 15) is 13.2 Å². The molecule has 0 radical (unpaired) electrons. The van der Waals surface area contributed by atoms with Crippen LogP contribution in [-0.2, 0) is 23.1 Å². The number of benzene rings is 2. The minimum atomic E-state index is -3.46. The lowest BCUT2D eigenvalue weighted by atomic mass is 10.1. The number of hydrogen-bond acceptors (Lipinski definition) is 5. The Hall–Kier alpha value is -2.71. The molecule has 1 aromatic heterocycles. The Labute approximate surface area is 163 Å². The first-order valence-electron chi connectivity index (χ1n) is 9.06. The summed E-state index contributed by atoms with van der Waals surface area (Å²) in [6.07, 6.45) is 0.730. The van der Waals surface area contributed by atoms with E-state index in [0.717, 1.165) is 28.8 Å². The molecule has 1 aliphatic rings. The molecule has 0 atom stereocenters. The first kappa shape index (κ1) is 18.6. The number of anilines is 1. The Kier molecular flexibility index (Phi) is 4.47. The van der Waals surface area contributed by atoms with Crippen molar-refractivity contribution >= 4 is 26.5 Å². The fraction of sp³-hybridized carbons (Fsp3) is 0.300. The predicted molar refractivity (Wildman–Crippen MR) is 109 cm³/mol. The highest BCUT2D eigenvalue weighted by molar-refractivity contribution is 7.89. The van der Waals surface area contributed by atoms with E-state index in [-0.39, 0.29) is 10.5 Å². The van der Waals surface area contributed by atoms with Gasteiger partial charge in [0, 0.05) is 31.7 Å². The summed E-state index contributed by atoms with van der Waals surface area (Å²) in [6, 6.07) is 12.6. The highest BCUT2D eigenvalue weighted by atomic mass is 32.2. The summed E-state index contributed by atoms with van der Waals surface area (Å²) < 4.78 is 27.4. The van der Waals surface area contributed by atoms with Crippen LogP contribution in [0.1, 0.15) is 11.3 Å². The Morgan fingerprint density at radius 1 is 1.11 bits per heavy atom. The van der Waals surface area contributed by atoms with Crippen LogP contribution in [0.2, 0.25) is 0 Å². The van der Waals surface area contributed by atoms with Crippen LogP contribution >= 0.6 is 0 Å². The molecule has 4 rings (SSSR count). The Bertz CT molecular complexity index is 1230. The normalized spacial score (nSPS) is 14.1. The van der Waals surface area contributed by atoms with Crippen molar-refractivity contribution in [3.05, 3.63) is 64.1 Å². The minimum Gasteiger partial charge on any atom is -0.351 e.